The van der Waals surface area contributed by atoms with Crippen molar-refractivity contribution in [3.05, 3.63) is 39.4 Å². The first-order valence-electron chi connectivity index (χ1n) is 4.14. The summed E-state index contributed by atoms with van der Waals surface area (Å²) in [5.74, 6) is -0.792. The van der Waals surface area contributed by atoms with Gasteiger partial charge >= 0.3 is 5.97 Å². The van der Waals surface area contributed by atoms with E-state index in [1.165, 1.54) is 12.1 Å². The molecule has 0 aliphatic heterocycles. The van der Waals surface area contributed by atoms with Gasteiger partial charge in [-0.05, 0) is 6.07 Å². The molecule has 16 heavy (non-hydrogen) atoms. The molecule has 0 bridgehead atoms. The van der Waals surface area contributed by atoms with Crippen LogP contribution in [-0.2, 0) is 4.74 Å². The van der Waals surface area contributed by atoms with Crippen LogP contribution < -0.4 is 0 Å². The Morgan fingerprint density at radius 2 is 2.31 bits per heavy atom. The van der Waals surface area contributed by atoms with Gasteiger partial charge in [-0.15, -0.1) is 0 Å². The Hall–Kier alpha value is -2.44. The number of hydrogen-bond acceptors (Lipinski definition) is 6. The molecule has 0 saturated heterocycles. The van der Waals surface area contributed by atoms with Crippen LogP contribution in [0.2, 0.25) is 0 Å². The summed E-state index contributed by atoms with van der Waals surface area (Å²) in [7, 11) is 1.13. The van der Waals surface area contributed by atoms with E-state index in [4.69, 9.17) is 5.21 Å². The number of ether oxygens (including phenoxy) is 1. The molecule has 0 radical (unpaired) electrons. The Balaban J connectivity index is 3.30. The van der Waals surface area contributed by atoms with Gasteiger partial charge in [0.2, 0.25) is 0 Å². The van der Waals surface area contributed by atoms with E-state index >= 15 is 0 Å². The van der Waals surface area contributed by atoms with Crippen LogP contribution in [0.25, 0.3) is 0 Å². The van der Waals surface area contributed by atoms with E-state index in [-0.39, 0.29) is 5.56 Å². The molecule has 0 amide bonds. The van der Waals surface area contributed by atoms with Crippen molar-refractivity contribution in [2.45, 2.75) is 0 Å². The summed E-state index contributed by atoms with van der Waals surface area (Å²) in [5.41, 5.74) is -0.242. The highest BCUT2D eigenvalue weighted by atomic mass is 16.6. The molecule has 1 aromatic carbocycles. The van der Waals surface area contributed by atoms with Crippen LogP contribution in [0.1, 0.15) is 15.9 Å². The topological polar surface area (TPSA) is 102 Å². The number of nitrogens with zero attached hydrogens (tertiary/aromatic N) is 2. The molecule has 84 valence electrons. The number of hydrogen-bond donors (Lipinski definition) is 1. The minimum absolute atomic E-state index is 0.150. The first kappa shape index (κ1) is 11.6. The highest BCUT2D eigenvalue weighted by Crippen LogP contribution is 2.20. The average molecular weight is 224 g/mol. The zero-order valence-corrected chi connectivity index (χ0v) is 8.28. The van der Waals surface area contributed by atoms with Gasteiger partial charge in [0.15, 0.2) is 0 Å². The van der Waals surface area contributed by atoms with E-state index in [1.807, 2.05) is 0 Å². The lowest BCUT2D eigenvalue weighted by atomic mass is 10.1. The highest BCUT2D eigenvalue weighted by Gasteiger charge is 2.20. The lowest BCUT2D eigenvalue weighted by Crippen LogP contribution is -2.06. The van der Waals surface area contributed by atoms with E-state index < -0.39 is 16.6 Å². The van der Waals surface area contributed by atoms with Crippen LogP contribution in [0, 0.1) is 10.1 Å². The Kier molecular flexibility index (Phi) is 3.54. The van der Waals surface area contributed by atoms with Gasteiger partial charge in [-0.25, -0.2) is 4.79 Å². The van der Waals surface area contributed by atoms with E-state index in [0.29, 0.717) is 5.56 Å². The largest absolute Gasteiger partial charge is 0.465 e. The normalized spacial score (nSPS) is 10.3. The van der Waals surface area contributed by atoms with E-state index in [9.17, 15) is 14.9 Å². The molecule has 0 unspecified atom stereocenters. The molecule has 0 atom stereocenters. The van der Waals surface area contributed by atoms with Crippen LogP contribution in [0.4, 0.5) is 5.69 Å². The summed E-state index contributed by atoms with van der Waals surface area (Å²) in [4.78, 5) is 21.2. The lowest BCUT2D eigenvalue weighted by molar-refractivity contribution is -0.385. The number of benzene rings is 1. The predicted octanol–water partition coefficient (Wildman–Crippen LogP) is 1.19. The van der Waals surface area contributed by atoms with Crippen molar-refractivity contribution in [1.29, 1.82) is 0 Å². The average Bonchev–Trinajstić information content (AvgIpc) is 2.28. The fourth-order valence-electron chi connectivity index (χ4n) is 1.13. The summed E-state index contributed by atoms with van der Waals surface area (Å²) in [6.07, 6.45) is 1.02. The second kappa shape index (κ2) is 4.87. The number of esters is 1. The molecule has 0 aromatic heterocycles. The number of carbonyl (C=O) groups excluding carboxylic acids is 1. The summed E-state index contributed by atoms with van der Waals surface area (Å²) in [6, 6.07) is 3.76. The first-order chi connectivity index (χ1) is 7.60. The van der Waals surface area contributed by atoms with Crippen LogP contribution >= 0.6 is 0 Å². The van der Waals surface area contributed by atoms with Crippen molar-refractivity contribution in [1.82, 2.24) is 0 Å². The van der Waals surface area contributed by atoms with E-state index in [0.717, 1.165) is 19.4 Å². The fraction of sp³-hybridized carbons (Fsp3) is 0.111. The zero-order valence-electron chi connectivity index (χ0n) is 8.28. The van der Waals surface area contributed by atoms with Gasteiger partial charge in [-0.2, -0.15) is 0 Å². The van der Waals surface area contributed by atoms with Gasteiger partial charge in [0.25, 0.3) is 5.69 Å². The van der Waals surface area contributed by atoms with Crippen LogP contribution in [0.3, 0.4) is 0 Å². The zero-order chi connectivity index (χ0) is 12.1. The monoisotopic (exact) mass is 224 g/mol. The second-order valence-corrected chi connectivity index (χ2v) is 2.77. The second-order valence-electron chi connectivity index (χ2n) is 2.77. The van der Waals surface area contributed by atoms with Gasteiger partial charge in [-0.1, -0.05) is 11.2 Å². The number of rotatable bonds is 3. The molecule has 0 aliphatic carbocycles. The standard InChI is InChI=1S/C9H8N2O5/c1-16-9(12)7-3-2-6(5-10-13)4-8(7)11(14)15/h2-5,13H,1H3/b10-5+. The third-order valence-corrected chi connectivity index (χ3v) is 1.83. The molecule has 0 aliphatic rings. The van der Waals surface area contributed by atoms with Gasteiger partial charge in [0.05, 0.1) is 18.2 Å². The quantitative estimate of drug-likeness (QED) is 0.273. The van der Waals surface area contributed by atoms with Gasteiger partial charge in [0, 0.05) is 11.6 Å². The van der Waals surface area contributed by atoms with E-state index in [2.05, 4.69) is 9.89 Å². The smallest absolute Gasteiger partial charge is 0.344 e. The number of methoxy groups -OCH3 is 1. The number of oxime groups is 1. The third-order valence-electron chi connectivity index (χ3n) is 1.83. The van der Waals surface area contributed by atoms with Crippen molar-refractivity contribution in [2.24, 2.45) is 5.16 Å². The molecule has 0 fully saturated rings. The summed E-state index contributed by atoms with van der Waals surface area (Å²) in [6.45, 7) is 0. The Labute approximate surface area is 90.1 Å². The number of carbonyl (C=O) groups is 1. The number of nitro benzene ring substituents is 1. The molecular formula is C9H8N2O5. The summed E-state index contributed by atoms with van der Waals surface area (Å²) in [5, 5.41) is 21.7. The highest BCUT2D eigenvalue weighted by molar-refractivity contribution is 5.95. The molecule has 0 saturated carbocycles. The van der Waals surface area contributed by atoms with Crippen LogP contribution in [0.15, 0.2) is 23.4 Å². The van der Waals surface area contributed by atoms with Crippen LogP contribution in [-0.4, -0.2) is 29.4 Å². The maximum atomic E-state index is 11.2. The Morgan fingerprint density at radius 3 is 2.81 bits per heavy atom. The molecule has 0 spiro atoms. The van der Waals surface area contributed by atoms with Gasteiger partial charge < -0.3 is 9.94 Å². The third kappa shape index (κ3) is 2.32. The minimum Gasteiger partial charge on any atom is -0.465 e. The summed E-state index contributed by atoms with van der Waals surface area (Å²) >= 11 is 0. The van der Waals surface area contributed by atoms with Gasteiger partial charge in [-0.3, -0.25) is 10.1 Å². The van der Waals surface area contributed by atoms with Gasteiger partial charge in [0.1, 0.15) is 5.56 Å². The Bertz CT molecular complexity index is 455. The molecule has 1 aromatic rings. The number of nitro groups is 1. The van der Waals surface area contributed by atoms with Crippen molar-refractivity contribution in [3.63, 3.8) is 0 Å². The SMILES string of the molecule is COC(=O)c1ccc(/C=N/O)cc1[N+](=O)[O-]. The van der Waals surface area contributed by atoms with E-state index in [1.54, 1.807) is 0 Å². The van der Waals surface area contributed by atoms with Crippen LogP contribution in [0.5, 0.6) is 0 Å². The Morgan fingerprint density at radius 1 is 1.62 bits per heavy atom. The molecule has 7 heteroatoms. The molecule has 1 rings (SSSR count). The fourth-order valence-corrected chi connectivity index (χ4v) is 1.13. The molecular weight excluding hydrogens is 216 g/mol. The molecule has 0 heterocycles. The molecule has 7 nitrogen and oxygen atoms in total. The van der Waals surface area contributed by atoms with Crippen molar-refractivity contribution in [2.75, 3.05) is 7.11 Å². The van der Waals surface area contributed by atoms with Crippen molar-refractivity contribution in [3.8, 4) is 0 Å². The first-order valence-corrected chi connectivity index (χ1v) is 4.14. The summed E-state index contributed by atoms with van der Waals surface area (Å²) < 4.78 is 4.40. The lowest BCUT2D eigenvalue weighted by Gasteiger charge is -2.01. The van der Waals surface area contributed by atoms with Crippen molar-refractivity contribution >= 4 is 17.9 Å². The van der Waals surface area contributed by atoms with Crippen molar-refractivity contribution < 1.29 is 19.7 Å². The minimum atomic E-state index is -0.792. The molecule has 1 N–H and O–H groups in total. The predicted molar refractivity (Wildman–Crippen MR) is 53.8 cm³/mol. The maximum absolute atomic E-state index is 11.2. The maximum Gasteiger partial charge on any atom is 0.344 e.